The Kier molecular flexibility index (Phi) is 11.5. The first-order chi connectivity index (χ1) is 22.3. The third kappa shape index (κ3) is 8.78. The number of thiophene rings is 1. The van der Waals surface area contributed by atoms with E-state index in [0.717, 1.165) is 114 Å². The number of hydrogen-bond donors (Lipinski definition) is 0. The molecule has 0 atom stereocenters. The Morgan fingerprint density at radius 3 is 2.59 bits per heavy atom. The van der Waals surface area contributed by atoms with Crippen molar-refractivity contribution in [1.82, 2.24) is 9.80 Å². The molecule has 0 aliphatic carbocycles. The molecule has 3 aliphatic heterocycles. The van der Waals surface area contributed by atoms with Gasteiger partial charge in [0.15, 0.2) is 11.6 Å². The molecule has 6 nitrogen and oxygen atoms in total. The van der Waals surface area contributed by atoms with Crippen molar-refractivity contribution in [2.75, 3.05) is 40.4 Å². The van der Waals surface area contributed by atoms with Crippen molar-refractivity contribution in [2.45, 2.75) is 58.8 Å². The van der Waals surface area contributed by atoms with Crippen molar-refractivity contribution in [2.24, 2.45) is 4.99 Å². The summed E-state index contributed by atoms with van der Waals surface area (Å²) >= 11 is 1.63. The van der Waals surface area contributed by atoms with Crippen LogP contribution < -0.4 is 4.74 Å². The van der Waals surface area contributed by atoms with Crippen LogP contribution in [0.15, 0.2) is 88.2 Å². The van der Waals surface area contributed by atoms with Gasteiger partial charge in [-0.3, -0.25) is 9.79 Å². The van der Waals surface area contributed by atoms with Gasteiger partial charge in [0.2, 0.25) is 5.91 Å². The minimum atomic E-state index is 0.0301. The smallest absolute Gasteiger partial charge is 0.248 e. The van der Waals surface area contributed by atoms with Crippen molar-refractivity contribution < 1.29 is 14.3 Å². The number of carbonyl (C=O) groups excluding carboxylic acids is 1. The third-order valence-electron chi connectivity index (χ3n) is 8.31. The van der Waals surface area contributed by atoms with Crippen LogP contribution in [0.25, 0.3) is 5.57 Å². The number of likely N-dealkylation sites (N-methyl/N-ethyl adjacent to an activating group) is 1. The fraction of sp³-hybridized carbons (Fsp3) is 0.385. The molecule has 1 saturated heterocycles. The summed E-state index contributed by atoms with van der Waals surface area (Å²) in [7, 11) is 3.57. The number of rotatable bonds is 8. The molecule has 5 rings (SSSR count). The predicted octanol–water partition coefficient (Wildman–Crippen LogP) is 7.93. The van der Waals surface area contributed by atoms with Crippen LogP contribution >= 0.6 is 11.3 Å². The van der Waals surface area contributed by atoms with Gasteiger partial charge in [-0.25, -0.2) is 0 Å². The van der Waals surface area contributed by atoms with Crippen LogP contribution in [0.5, 0.6) is 5.75 Å². The summed E-state index contributed by atoms with van der Waals surface area (Å²) in [5, 5.41) is 2.06. The van der Waals surface area contributed by atoms with Gasteiger partial charge in [0.05, 0.1) is 23.7 Å². The zero-order valence-corrected chi connectivity index (χ0v) is 28.5. The number of fused-ring (bicyclic) bond motifs is 1. The molecular weight excluding hydrogens is 591 g/mol. The van der Waals surface area contributed by atoms with Crippen molar-refractivity contribution in [3.05, 3.63) is 105 Å². The predicted molar refractivity (Wildman–Crippen MR) is 190 cm³/mol. The SMILES string of the molecule is C=C1C=C(N2CCOCC2)Oc2c(C#Cc3ccc(CCCCC4=CCCC/C=C(/C=C(\C)C(=O)N(C)C)C(C)=N4)cc3)csc21. The van der Waals surface area contributed by atoms with Crippen LogP contribution in [0.4, 0.5) is 0 Å². The number of nitrogens with zero attached hydrogens (tertiary/aromatic N) is 3. The Bertz CT molecular complexity index is 1650. The fourth-order valence-corrected chi connectivity index (χ4v) is 6.53. The fourth-order valence-electron chi connectivity index (χ4n) is 5.66. The van der Waals surface area contributed by atoms with Gasteiger partial charge < -0.3 is 19.3 Å². The summed E-state index contributed by atoms with van der Waals surface area (Å²) in [5.74, 6) is 8.35. The summed E-state index contributed by atoms with van der Waals surface area (Å²) in [6.07, 6.45) is 15.8. The average Bonchev–Trinajstić information content (AvgIpc) is 3.51. The van der Waals surface area contributed by atoms with E-state index < -0.39 is 0 Å². The first-order valence-corrected chi connectivity index (χ1v) is 17.1. The molecule has 1 aromatic carbocycles. The van der Waals surface area contributed by atoms with Gasteiger partial charge in [0.25, 0.3) is 0 Å². The second kappa shape index (κ2) is 15.9. The maximum atomic E-state index is 12.4. The Hall–Kier alpha value is -4.12. The van der Waals surface area contributed by atoms with Gasteiger partial charge in [-0.15, -0.1) is 11.3 Å². The standard InChI is InChI=1S/C39H45N3O3S/c1-28-26-36(42-21-23-44-24-22-42)45-37-34(27-46-38(28)37)20-19-32-17-15-31(16-18-32)11-9-10-14-35-13-8-6-7-12-33(30(3)40-35)25-29(2)39(43)41(4)5/h12-13,15-18,25-27H,1,6-11,14,21-24H2,2-5H3/b29-25+,33-12-,35-13?,40-30?. The molecule has 3 aliphatic rings. The van der Waals surface area contributed by atoms with Crippen LogP contribution in [0.3, 0.4) is 0 Å². The summed E-state index contributed by atoms with van der Waals surface area (Å²) in [4.78, 5) is 22.2. The molecule has 7 heteroatoms. The van der Waals surface area contributed by atoms with E-state index >= 15 is 0 Å². The lowest BCUT2D eigenvalue weighted by Crippen LogP contribution is -2.37. The number of hydrogen-bond acceptors (Lipinski definition) is 6. The summed E-state index contributed by atoms with van der Waals surface area (Å²) < 4.78 is 11.8. The van der Waals surface area contributed by atoms with Gasteiger partial charge >= 0.3 is 0 Å². The third-order valence-corrected chi connectivity index (χ3v) is 9.34. The van der Waals surface area contributed by atoms with E-state index in [-0.39, 0.29) is 5.91 Å². The molecular formula is C39H45N3O3S. The molecule has 0 N–H and O–H groups in total. The van der Waals surface area contributed by atoms with Crippen molar-refractivity contribution >= 4 is 28.5 Å². The summed E-state index contributed by atoms with van der Waals surface area (Å²) in [5.41, 5.74) is 8.08. The Morgan fingerprint density at radius 2 is 1.83 bits per heavy atom. The molecule has 4 heterocycles. The number of aliphatic imine (C=N–C) groups is 1. The van der Waals surface area contributed by atoms with Gasteiger partial charge in [-0.05, 0) is 93.7 Å². The molecule has 1 aromatic heterocycles. The summed E-state index contributed by atoms with van der Waals surface area (Å²) in [6, 6.07) is 8.60. The number of aryl methyl sites for hydroxylation is 1. The maximum absolute atomic E-state index is 12.4. The number of carbonyl (C=O) groups is 1. The van der Waals surface area contributed by atoms with E-state index in [1.165, 1.54) is 5.56 Å². The Balaban J connectivity index is 1.14. The molecule has 0 radical (unpaired) electrons. The number of allylic oxidation sites excluding steroid dienone is 7. The topological polar surface area (TPSA) is 54.4 Å². The monoisotopic (exact) mass is 635 g/mol. The van der Waals surface area contributed by atoms with E-state index in [1.54, 1.807) is 30.3 Å². The zero-order valence-electron chi connectivity index (χ0n) is 27.7. The number of unbranched alkanes of at least 4 members (excludes halogenated alkanes) is 1. The van der Waals surface area contributed by atoms with Crippen LogP contribution in [0, 0.1) is 11.8 Å². The molecule has 0 bridgehead atoms. The van der Waals surface area contributed by atoms with Gasteiger partial charge in [0, 0.05) is 61.2 Å². The van der Waals surface area contributed by atoms with Crippen LogP contribution in [0.2, 0.25) is 0 Å². The quantitative estimate of drug-likeness (QED) is 0.168. The molecule has 0 unspecified atom stereocenters. The number of morpholine rings is 1. The highest BCUT2D eigenvalue weighted by Gasteiger charge is 2.25. The van der Waals surface area contributed by atoms with Crippen molar-refractivity contribution in [3.63, 3.8) is 0 Å². The molecule has 0 saturated carbocycles. The minimum Gasteiger partial charge on any atom is -0.438 e. The molecule has 240 valence electrons. The van der Waals surface area contributed by atoms with Crippen LogP contribution in [0.1, 0.15) is 73.9 Å². The van der Waals surface area contributed by atoms with Crippen molar-refractivity contribution in [3.8, 4) is 17.6 Å². The lowest BCUT2D eigenvalue weighted by molar-refractivity contribution is -0.124. The maximum Gasteiger partial charge on any atom is 0.248 e. The van der Waals surface area contributed by atoms with E-state index in [0.29, 0.717) is 13.2 Å². The largest absolute Gasteiger partial charge is 0.438 e. The second-order valence-corrected chi connectivity index (χ2v) is 13.1. The molecule has 46 heavy (non-hydrogen) atoms. The lowest BCUT2D eigenvalue weighted by Gasteiger charge is -2.32. The highest BCUT2D eigenvalue weighted by atomic mass is 32.1. The van der Waals surface area contributed by atoms with Gasteiger partial charge in [-0.2, -0.15) is 0 Å². The van der Waals surface area contributed by atoms with E-state index in [1.807, 2.05) is 19.1 Å². The normalized spacial score (nSPS) is 18.2. The highest BCUT2D eigenvalue weighted by Crippen LogP contribution is 2.41. The lowest BCUT2D eigenvalue weighted by atomic mass is 10.0. The molecule has 2 aromatic rings. The first kappa shape index (κ1) is 33.2. The van der Waals surface area contributed by atoms with Crippen LogP contribution in [-0.2, 0) is 16.0 Å². The average molecular weight is 636 g/mol. The summed E-state index contributed by atoms with van der Waals surface area (Å²) in [6.45, 7) is 11.2. The number of benzene rings is 1. The minimum absolute atomic E-state index is 0.0301. The number of amides is 1. The Morgan fingerprint density at radius 1 is 1.09 bits per heavy atom. The second-order valence-electron chi connectivity index (χ2n) is 12.2. The Labute approximate surface area is 278 Å². The van der Waals surface area contributed by atoms with Gasteiger partial charge in [0.1, 0.15) is 0 Å². The number of ether oxygens (including phenoxy) is 2. The molecule has 1 fully saturated rings. The van der Waals surface area contributed by atoms with E-state index in [4.69, 9.17) is 14.5 Å². The highest BCUT2D eigenvalue weighted by molar-refractivity contribution is 7.11. The molecule has 0 spiro atoms. The molecule has 1 amide bonds. The van der Waals surface area contributed by atoms with E-state index in [2.05, 4.69) is 72.0 Å². The van der Waals surface area contributed by atoms with Gasteiger partial charge in [-0.1, -0.05) is 42.7 Å². The van der Waals surface area contributed by atoms with E-state index in [9.17, 15) is 4.79 Å². The zero-order chi connectivity index (χ0) is 32.5. The van der Waals surface area contributed by atoms with Crippen LogP contribution in [-0.4, -0.2) is 61.8 Å². The first-order valence-electron chi connectivity index (χ1n) is 16.3. The van der Waals surface area contributed by atoms with Crippen molar-refractivity contribution in [1.29, 1.82) is 0 Å².